The Morgan fingerprint density at radius 1 is 1.64 bits per heavy atom. The second kappa shape index (κ2) is 4.88. The first-order valence-electron chi connectivity index (χ1n) is 4.43. The van der Waals surface area contributed by atoms with Crippen LogP contribution in [-0.4, -0.2) is 21.2 Å². The summed E-state index contributed by atoms with van der Waals surface area (Å²) in [5, 5.41) is 8.79. The Kier molecular flexibility index (Phi) is 3.79. The summed E-state index contributed by atoms with van der Waals surface area (Å²) in [6, 6.07) is 1.36. The number of aromatic amines is 1. The number of aromatic nitrogens is 2. The molecule has 1 heterocycles. The van der Waals surface area contributed by atoms with Gasteiger partial charge in [0, 0.05) is 6.07 Å². The summed E-state index contributed by atoms with van der Waals surface area (Å²) in [6.07, 6.45) is 0.0914. The van der Waals surface area contributed by atoms with E-state index in [0.29, 0.717) is 5.69 Å². The minimum absolute atomic E-state index is 0.0914. The lowest BCUT2D eigenvalue weighted by Gasteiger charge is -2.06. The third-order valence-corrected chi connectivity index (χ3v) is 1.56. The minimum atomic E-state index is -0.273. The molecule has 0 aliphatic heterocycles. The lowest BCUT2D eigenvalue weighted by Crippen LogP contribution is -2.14. The van der Waals surface area contributed by atoms with Crippen LogP contribution in [0.1, 0.15) is 25.4 Å². The van der Waals surface area contributed by atoms with Crippen molar-refractivity contribution >= 4 is 0 Å². The summed E-state index contributed by atoms with van der Waals surface area (Å²) < 4.78 is 5.29. The average Bonchev–Trinajstić information content (AvgIpc) is 2.14. The van der Waals surface area contributed by atoms with E-state index in [1.54, 1.807) is 0 Å². The second-order valence-corrected chi connectivity index (χ2v) is 3.20. The fourth-order valence-corrected chi connectivity index (χ4v) is 0.964. The Bertz CT molecular complexity index is 346. The van der Waals surface area contributed by atoms with Gasteiger partial charge in [-0.2, -0.15) is 0 Å². The van der Waals surface area contributed by atoms with Crippen molar-refractivity contribution in [2.45, 2.75) is 33.2 Å². The Balaban J connectivity index is 2.76. The van der Waals surface area contributed by atoms with Crippen LogP contribution in [0, 0.1) is 0 Å². The Labute approximate surface area is 81.8 Å². The molecular weight excluding hydrogens is 184 g/mol. The van der Waals surface area contributed by atoms with Crippen molar-refractivity contribution in [2.24, 2.45) is 0 Å². The van der Waals surface area contributed by atoms with Gasteiger partial charge in [0.1, 0.15) is 12.4 Å². The van der Waals surface area contributed by atoms with Gasteiger partial charge in [-0.1, -0.05) is 0 Å². The van der Waals surface area contributed by atoms with Crippen LogP contribution in [-0.2, 0) is 18.0 Å². The van der Waals surface area contributed by atoms with Gasteiger partial charge >= 0.3 is 0 Å². The van der Waals surface area contributed by atoms with Gasteiger partial charge in [-0.15, -0.1) is 0 Å². The van der Waals surface area contributed by atoms with E-state index in [2.05, 4.69) is 9.97 Å². The Morgan fingerprint density at radius 2 is 2.36 bits per heavy atom. The first-order chi connectivity index (χ1) is 6.61. The summed E-state index contributed by atoms with van der Waals surface area (Å²) in [5.41, 5.74) is 0.262. The maximum Gasteiger partial charge on any atom is 0.251 e. The van der Waals surface area contributed by atoms with Crippen LogP contribution in [0.15, 0.2) is 10.9 Å². The number of nitrogens with zero attached hydrogens (tertiary/aromatic N) is 1. The van der Waals surface area contributed by atoms with Gasteiger partial charge in [-0.05, 0) is 13.8 Å². The number of hydrogen-bond donors (Lipinski definition) is 2. The van der Waals surface area contributed by atoms with Gasteiger partial charge in [0.15, 0.2) is 0 Å². The van der Waals surface area contributed by atoms with Crippen LogP contribution in [0.4, 0.5) is 0 Å². The van der Waals surface area contributed by atoms with Crippen molar-refractivity contribution in [2.75, 3.05) is 0 Å². The first kappa shape index (κ1) is 10.9. The number of aliphatic hydroxyl groups is 1. The first-order valence-corrected chi connectivity index (χ1v) is 4.43. The molecule has 0 saturated carbocycles. The highest BCUT2D eigenvalue weighted by molar-refractivity contribution is 5.01. The molecule has 0 amide bonds. The summed E-state index contributed by atoms with van der Waals surface area (Å²) in [4.78, 5) is 17.5. The predicted octanol–water partition coefficient (Wildman–Crippen LogP) is 0.187. The highest BCUT2D eigenvalue weighted by atomic mass is 16.5. The van der Waals surface area contributed by atoms with E-state index in [4.69, 9.17) is 9.84 Å². The van der Waals surface area contributed by atoms with Crippen molar-refractivity contribution in [3.8, 4) is 0 Å². The van der Waals surface area contributed by atoms with Gasteiger partial charge in [0.05, 0.1) is 18.4 Å². The summed E-state index contributed by atoms with van der Waals surface area (Å²) in [5.74, 6) is 0.264. The lowest BCUT2D eigenvalue weighted by atomic mass is 10.4. The van der Waals surface area contributed by atoms with Crippen molar-refractivity contribution in [3.05, 3.63) is 27.9 Å². The molecule has 0 aliphatic carbocycles. The van der Waals surface area contributed by atoms with Gasteiger partial charge in [0.25, 0.3) is 5.56 Å². The van der Waals surface area contributed by atoms with Crippen molar-refractivity contribution < 1.29 is 9.84 Å². The topological polar surface area (TPSA) is 75.2 Å². The minimum Gasteiger partial charge on any atom is -0.388 e. The monoisotopic (exact) mass is 198 g/mol. The number of ether oxygens (including phenoxy) is 1. The van der Waals surface area contributed by atoms with Crippen LogP contribution in [0.5, 0.6) is 0 Å². The van der Waals surface area contributed by atoms with E-state index in [0.717, 1.165) is 0 Å². The smallest absolute Gasteiger partial charge is 0.251 e. The molecule has 0 saturated heterocycles. The summed E-state index contributed by atoms with van der Waals surface area (Å²) in [6.45, 7) is 3.82. The molecule has 5 nitrogen and oxygen atoms in total. The van der Waals surface area contributed by atoms with E-state index in [1.807, 2.05) is 13.8 Å². The molecule has 1 rings (SSSR count). The fraction of sp³-hybridized carbons (Fsp3) is 0.556. The highest BCUT2D eigenvalue weighted by Crippen LogP contribution is 1.98. The van der Waals surface area contributed by atoms with E-state index in [9.17, 15) is 4.79 Å². The number of nitrogens with one attached hydrogen (secondary N) is 1. The van der Waals surface area contributed by atoms with E-state index >= 15 is 0 Å². The van der Waals surface area contributed by atoms with Gasteiger partial charge in [-0.3, -0.25) is 4.79 Å². The zero-order valence-electron chi connectivity index (χ0n) is 8.28. The molecule has 0 aliphatic rings. The fourth-order valence-electron chi connectivity index (χ4n) is 0.964. The average molecular weight is 198 g/mol. The normalized spacial score (nSPS) is 10.9. The lowest BCUT2D eigenvalue weighted by molar-refractivity contribution is 0.0632. The molecule has 0 spiro atoms. The van der Waals surface area contributed by atoms with Gasteiger partial charge in [-0.25, -0.2) is 4.98 Å². The maximum absolute atomic E-state index is 11.1. The standard InChI is InChI=1S/C9H14N2O3/c1-6(2)14-5-7-3-9(13)11-8(4-12)10-7/h3,6,12H,4-5H2,1-2H3,(H,10,11,13). The van der Waals surface area contributed by atoms with Gasteiger partial charge < -0.3 is 14.8 Å². The number of aliphatic hydroxyl groups excluding tert-OH is 1. The van der Waals surface area contributed by atoms with Crippen LogP contribution in [0.3, 0.4) is 0 Å². The second-order valence-electron chi connectivity index (χ2n) is 3.20. The Morgan fingerprint density at radius 3 is 2.93 bits per heavy atom. The molecule has 1 aromatic rings. The quantitative estimate of drug-likeness (QED) is 0.724. The molecule has 2 N–H and O–H groups in total. The molecule has 0 atom stereocenters. The third-order valence-electron chi connectivity index (χ3n) is 1.56. The van der Waals surface area contributed by atoms with Crippen molar-refractivity contribution in [1.29, 1.82) is 0 Å². The molecule has 1 aromatic heterocycles. The molecular formula is C9H14N2O3. The zero-order chi connectivity index (χ0) is 10.6. The Hall–Kier alpha value is -1.20. The van der Waals surface area contributed by atoms with E-state index < -0.39 is 0 Å². The third kappa shape index (κ3) is 3.27. The van der Waals surface area contributed by atoms with Crippen LogP contribution < -0.4 is 5.56 Å². The number of rotatable bonds is 4. The summed E-state index contributed by atoms with van der Waals surface area (Å²) in [7, 11) is 0. The van der Waals surface area contributed by atoms with E-state index in [1.165, 1.54) is 6.07 Å². The molecule has 78 valence electrons. The molecule has 0 radical (unpaired) electrons. The SMILES string of the molecule is CC(C)OCc1cc(=O)[nH]c(CO)n1. The molecule has 0 unspecified atom stereocenters. The van der Waals surface area contributed by atoms with E-state index in [-0.39, 0.29) is 30.7 Å². The van der Waals surface area contributed by atoms with Crippen LogP contribution >= 0.6 is 0 Å². The van der Waals surface area contributed by atoms with Crippen LogP contribution in [0.2, 0.25) is 0 Å². The molecule has 0 aromatic carbocycles. The largest absolute Gasteiger partial charge is 0.388 e. The maximum atomic E-state index is 11.1. The zero-order valence-corrected chi connectivity index (χ0v) is 8.28. The van der Waals surface area contributed by atoms with Gasteiger partial charge in [0.2, 0.25) is 0 Å². The predicted molar refractivity (Wildman–Crippen MR) is 50.7 cm³/mol. The van der Waals surface area contributed by atoms with Crippen molar-refractivity contribution in [1.82, 2.24) is 9.97 Å². The van der Waals surface area contributed by atoms with Crippen molar-refractivity contribution in [3.63, 3.8) is 0 Å². The molecule has 14 heavy (non-hydrogen) atoms. The number of H-pyrrole nitrogens is 1. The molecule has 0 bridgehead atoms. The number of hydrogen-bond acceptors (Lipinski definition) is 4. The van der Waals surface area contributed by atoms with Crippen LogP contribution in [0.25, 0.3) is 0 Å². The highest BCUT2D eigenvalue weighted by Gasteiger charge is 2.01. The molecule has 5 heteroatoms. The molecule has 0 fully saturated rings. The summed E-state index contributed by atoms with van der Waals surface area (Å²) >= 11 is 0.